The van der Waals surface area contributed by atoms with Crippen LogP contribution in [-0.4, -0.2) is 42.1 Å². The lowest BCUT2D eigenvalue weighted by atomic mass is 10.2. The molecule has 0 amide bonds. The number of aliphatic imine (C=N–C) groups is 1. The van der Waals surface area contributed by atoms with Crippen LogP contribution in [0.15, 0.2) is 59.9 Å². The van der Waals surface area contributed by atoms with E-state index in [1.807, 2.05) is 18.5 Å². The van der Waals surface area contributed by atoms with E-state index in [0.717, 1.165) is 48.9 Å². The largest absolute Gasteiger partial charge is 0.378 e. The van der Waals surface area contributed by atoms with Crippen LogP contribution in [0.25, 0.3) is 5.69 Å². The minimum Gasteiger partial charge on any atom is -0.378 e. The van der Waals surface area contributed by atoms with Gasteiger partial charge in [0.1, 0.15) is 0 Å². The van der Waals surface area contributed by atoms with Crippen molar-refractivity contribution in [1.29, 1.82) is 0 Å². The summed E-state index contributed by atoms with van der Waals surface area (Å²) in [6, 6.07) is 14.6. The van der Waals surface area contributed by atoms with Gasteiger partial charge in [0.05, 0.1) is 30.8 Å². The molecule has 5 nitrogen and oxygen atoms in total. The molecule has 27 heavy (non-hydrogen) atoms. The maximum Gasteiger partial charge on any atom is 0.0642 e. The summed E-state index contributed by atoms with van der Waals surface area (Å²) < 4.78 is 7.62. The fourth-order valence-electron chi connectivity index (χ4n) is 3.52. The lowest BCUT2D eigenvalue weighted by Gasteiger charge is -2.28. The van der Waals surface area contributed by atoms with Crippen molar-refractivity contribution in [2.75, 3.05) is 31.2 Å². The Balaban J connectivity index is 1.53. The number of nitrogens with zero attached hydrogens (tertiary/aromatic N) is 4. The fourth-order valence-corrected chi connectivity index (χ4v) is 3.52. The number of hydrogen-bond donors (Lipinski definition) is 0. The quantitative estimate of drug-likeness (QED) is 0.659. The fraction of sp³-hybridized carbons (Fsp3) is 0.273. The molecule has 0 saturated carbocycles. The number of benzene rings is 1. The van der Waals surface area contributed by atoms with E-state index in [4.69, 9.17) is 4.74 Å². The second-order valence-electron chi connectivity index (χ2n) is 6.75. The van der Waals surface area contributed by atoms with Crippen LogP contribution in [0.1, 0.15) is 17.0 Å². The molecule has 0 bridgehead atoms. The molecule has 138 valence electrons. The smallest absolute Gasteiger partial charge is 0.0642 e. The Morgan fingerprint density at radius 3 is 2.52 bits per heavy atom. The van der Waals surface area contributed by atoms with Crippen LogP contribution in [0.5, 0.6) is 0 Å². The van der Waals surface area contributed by atoms with Crippen LogP contribution in [-0.2, 0) is 4.74 Å². The Morgan fingerprint density at radius 1 is 1.04 bits per heavy atom. The summed E-state index contributed by atoms with van der Waals surface area (Å²) in [5.74, 6) is 0. The number of morpholine rings is 1. The highest BCUT2D eigenvalue weighted by Gasteiger charge is 2.11. The predicted molar refractivity (Wildman–Crippen MR) is 110 cm³/mol. The van der Waals surface area contributed by atoms with Gasteiger partial charge in [-0.3, -0.25) is 9.98 Å². The summed E-state index contributed by atoms with van der Waals surface area (Å²) >= 11 is 0. The number of anilines is 1. The molecule has 2 aromatic heterocycles. The molecule has 0 spiro atoms. The maximum absolute atomic E-state index is 5.42. The molecular formula is C22H24N4O. The van der Waals surface area contributed by atoms with Crippen LogP contribution in [0.2, 0.25) is 0 Å². The molecular weight excluding hydrogens is 336 g/mol. The van der Waals surface area contributed by atoms with E-state index >= 15 is 0 Å². The number of rotatable bonds is 4. The van der Waals surface area contributed by atoms with Gasteiger partial charge >= 0.3 is 0 Å². The van der Waals surface area contributed by atoms with Crippen molar-refractivity contribution in [3.8, 4) is 5.69 Å². The van der Waals surface area contributed by atoms with Crippen molar-refractivity contribution in [3.05, 3.63) is 71.8 Å². The van der Waals surface area contributed by atoms with E-state index in [1.165, 1.54) is 11.4 Å². The van der Waals surface area contributed by atoms with Crippen molar-refractivity contribution < 1.29 is 4.74 Å². The minimum atomic E-state index is 0.798. The zero-order valence-electron chi connectivity index (χ0n) is 15.8. The monoisotopic (exact) mass is 360 g/mol. The zero-order chi connectivity index (χ0) is 18.6. The van der Waals surface area contributed by atoms with E-state index in [-0.39, 0.29) is 0 Å². The topological polar surface area (TPSA) is 42.6 Å². The van der Waals surface area contributed by atoms with Gasteiger partial charge in [0.25, 0.3) is 0 Å². The lowest BCUT2D eigenvalue weighted by molar-refractivity contribution is 0.122. The second kappa shape index (κ2) is 7.76. The highest BCUT2D eigenvalue weighted by atomic mass is 16.5. The van der Waals surface area contributed by atoms with Crippen LogP contribution in [0.4, 0.5) is 11.4 Å². The number of aromatic nitrogens is 2. The molecule has 4 rings (SSSR count). The Morgan fingerprint density at radius 2 is 1.81 bits per heavy atom. The lowest BCUT2D eigenvalue weighted by Crippen LogP contribution is -2.36. The van der Waals surface area contributed by atoms with Crippen LogP contribution < -0.4 is 4.90 Å². The molecule has 3 heterocycles. The van der Waals surface area contributed by atoms with Gasteiger partial charge in [0, 0.05) is 48.1 Å². The van der Waals surface area contributed by atoms with Crippen molar-refractivity contribution in [1.82, 2.24) is 9.55 Å². The number of pyridine rings is 1. The molecule has 3 aromatic rings. The molecule has 1 aromatic carbocycles. The average molecular weight is 360 g/mol. The average Bonchev–Trinajstić information content (AvgIpc) is 3.01. The number of ether oxygens (including phenoxy) is 1. The second-order valence-corrected chi connectivity index (χ2v) is 6.75. The first-order chi connectivity index (χ1) is 13.2. The predicted octanol–water partition coefficient (Wildman–Crippen LogP) is 4.08. The first kappa shape index (κ1) is 17.5. The summed E-state index contributed by atoms with van der Waals surface area (Å²) in [5, 5.41) is 0. The van der Waals surface area contributed by atoms with Gasteiger partial charge in [-0.1, -0.05) is 0 Å². The van der Waals surface area contributed by atoms with E-state index in [2.05, 4.69) is 69.7 Å². The summed E-state index contributed by atoms with van der Waals surface area (Å²) in [6.07, 6.45) is 5.62. The third-order valence-electron chi connectivity index (χ3n) is 4.95. The van der Waals surface area contributed by atoms with Gasteiger partial charge in [-0.15, -0.1) is 0 Å². The Hall–Kier alpha value is -2.92. The van der Waals surface area contributed by atoms with Crippen LogP contribution in [0.3, 0.4) is 0 Å². The summed E-state index contributed by atoms with van der Waals surface area (Å²) in [5.41, 5.74) is 6.71. The SMILES string of the molecule is Cc1cc(C=Nc2ccc(N3CCOCC3)cc2)c(C)n1-c1cccnc1. The minimum absolute atomic E-state index is 0.798. The highest BCUT2D eigenvalue weighted by molar-refractivity contribution is 5.84. The molecule has 1 saturated heterocycles. The zero-order valence-corrected chi connectivity index (χ0v) is 15.8. The molecule has 0 atom stereocenters. The summed E-state index contributed by atoms with van der Waals surface area (Å²) in [6.45, 7) is 7.71. The Bertz CT molecular complexity index is 923. The third kappa shape index (κ3) is 3.78. The Labute approximate surface area is 160 Å². The molecule has 1 aliphatic heterocycles. The molecule has 0 aliphatic carbocycles. The van der Waals surface area contributed by atoms with E-state index in [0.29, 0.717) is 0 Å². The van der Waals surface area contributed by atoms with Gasteiger partial charge in [-0.2, -0.15) is 0 Å². The summed E-state index contributed by atoms with van der Waals surface area (Å²) in [4.78, 5) is 11.2. The van der Waals surface area contributed by atoms with Crippen molar-refractivity contribution >= 4 is 17.6 Å². The van der Waals surface area contributed by atoms with Gasteiger partial charge < -0.3 is 14.2 Å². The van der Waals surface area contributed by atoms with Crippen molar-refractivity contribution in [2.24, 2.45) is 4.99 Å². The third-order valence-corrected chi connectivity index (χ3v) is 4.95. The number of hydrogen-bond acceptors (Lipinski definition) is 4. The first-order valence-electron chi connectivity index (χ1n) is 9.28. The van der Waals surface area contributed by atoms with Crippen LogP contribution >= 0.6 is 0 Å². The molecule has 0 radical (unpaired) electrons. The first-order valence-corrected chi connectivity index (χ1v) is 9.28. The molecule has 0 N–H and O–H groups in total. The van der Waals surface area contributed by atoms with E-state index < -0.39 is 0 Å². The molecule has 5 heteroatoms. The van der Waals surface area contributed by atoms with Crippen LogP contribution in [0, 0.1) is 13.8 Å². The van der Waals surface area contributed by atoms with E-state index in [1.54, 1.807) is 6.20 Å². The van der Waals surface area contributed by atoms with Gasteiger partial charge in [0.15, 0.2) is 0 Å². The van der Waals surface area contributed by atoms with Gasteiger partial charge in [-0.25, -0.2) is 0 Å². The highest BCUT2D eigenvalue weighted by Crippen LogP contribution is 2.22. The Kier molecular flexibility index (Phi) is 5.03. The van der Waals surface area contributed by atoms with E-state index in [9.17, 15) is 0 Å². The molecule has 0 unspecified atom stereocenters. The van der Waals surface area contributed by atoms with Gasteiger partial charge in [0.2, 0.25) is 0 Å². The standard InChI is InChI=1S/C22H24N4O/c1-17-14-19(18(2)26(17)22-4-3-9-23-16-22)15-24-20-5-7-21(8-6-20)25-10-12-27-13-11-25/h3-9,14-16H,10-13H2,1-2H3. The maximum atomic E-state index is 5.42. The molecule has 1 fully saturated rings. The summed E-state index contributed by atoms with van der Waals surface area (Å²) in [7, 11) is 0. The normalized spacial score (nSPS) is 14.8. The van der Waals surface area contributed by atoms with Crippen molar-refractivity contribution in [3.63, 3.8) is 0 Å². The van der Waals surface area contributed by atoms with Crippen molar-refractivity contribution in [2.45, 2.75) is 13.8 Å². The number of aryl methyl sites for hydroxylation is 1. The molecule has 1 aliphatic rings. The van der Waals surface area contributed by atoms with Gasteiger partial charge in [-0.05, 0) is 56.3 Å².